The summed E-state index contributed by atoms with van der Waals surface area (Å²) in [6, 6.07) is 7.98. The van der Waals surface area contributed by atoms with E-state index in [9.17, 15) is 9.59 Å². The maximum atomic E-state index is 13.3. The second-order valence-electron chi connectivity index (χ2n) is 10.1. The Morgan fingerprint density at radius 2 is 2.00 bits per heavy atom. The number of ether oxygens (including phenoxy) is 2. The first-order valence-corrected chi connectivity index (χ1v) is 14.8. The second kappa shape index (κ2) is 12.1. The van der Waals surface area contributed by atoms with Gasteiger partial charge in [-0.2, -0.15) is 11.3 Å². The van der Waals surface area contributed by atoms with Gasteiger partial charge in [-0.3, -0.25) is 9.36 Å². The second-order valence-corrected chi connectivity index (χ2v) is 11.9. The predicted octanol–water partition coefficient (Wildman–Crippen LogP) is 5.16. The number of rotatable bonds is 7. The fraction of sp³-hybridized carbons (Fsp3) is 0.357. The summed E-state index contributed by atoms with van der Waals surface area (Å²) in [5.41, 5.74) is 3.24. The minimum absolute atomic E-state index is 0. The summed E-state index contributed by atoms with van der Waals surface area (Å²) in [4.78, 5) is 41.5. The number of H-pyrrole nitrogens is 1. The molecule has 1 fully saturated rings. The summed E-state index contributed by atoms with van der Waals surface area (Å²) in [7, 11) is 1.71. The van der Waals surface area contributed by atoms with Crippen LogP contribution >= 0.6 is 47.5 Å². The zero-order chi connectivity index (χ0) is 26.5. The predicted molar refractivity (Wildman–Crippen MR) is 168 cm³/mol. The summed E-state index contributed by atoms with van der Waals surface area (Å²) in [6.45, 7) is 3.95. The van der Waals surface area contributed by atoms with Gasteiger partial charge in [0, 0.05) is 48.0 Å². The number of hydrogen-bond donors (Lipinski definition) is 1. The molecule has 0 saturated carbocycles. The van der Waals surface area contributed by atoms with E-state index in [0.717, 1.165) is 61.8 Å². The van der Waals surface area contributed by atoms with Crippen molar-refractivity contribution >= 4 is 68.1 Å². The molecular weight excluding hydrogens is 605 g/mol. The maximum absolute atomic E-state index is 13.3. The largest absolute Gasteiger partial charge is 0.496 e. The molecule has 1 N–H and O–H groups in total. The Hall–Kier alpha value is -2.96. The molecule has 6 heterocycles. The van der Waals surface area contributed by atoms with Crippen molar-refractivity contribution < 1.29 is 9.47 Å². The molecule has 0 bridgehead atoms. The van der Waals surface area contributed by atoms with Crippen LogP contribution in [0.5, 0.6) is 11.5 Å². The van der Waals surface area contributed by atoms with Gasteiger partial charge >= 0.3 is 5.69 Å². The number of nitrogens with zero attached hydrogens (tertiary/aromatic N) is 4. The van der Waals surface area contributed by atoms with E-state index >= 15 is 0 Å². The fourth-order valence-corrected chi connectivity index (χ4v) is 7.55. The number of nitrogens with one attached hydrogen (secondary N) is 1. The highest BCUT2D eigenvalue weighted by Crippen LogP contribution is 2.46. The molecule has 0 spiro atoms. The monoisotopic (exact) mass is 633 g/mol. The van der Waals surface area contributed by atoms with Crippen LogP contribution in [-0.2, 0) is 6.54 Å². The van der Waals surface area contributed by atoms with Crippen LogP contribution in [-0.4, -0.2) is 57.8 Å². The van der Waals surface area contributed by atoms with Crippen molar-refractivity contribution in [3.8, 4) is 22.8 Å². The van der Waals surface area contributed by atoms with Crippen LogP contribution in [0.2, 0.25) is 0 Å². The first kappa shape index (κ1) is 29.5. The van der Waals surface area contributed by atoms with Crippen LogP contribution in [0.4, 0.5) is 0 Å². The van der Waals surface area contributed by atoms with Crippen molar-refractivity contribution in [1.82, 2.24) is 24.4 Å². The Balaban J connectivity index is 0.00000169. The van der Waals surface area contributed by atoms with E-state index in [2.05, 4.69) is 14.9 Å². The smallest absolute Gasteiger partial charge is 0.328 e. The number of methoxy groups -OCH3 is 1. The van der Waals surface area contributed by atoms with E-state index in [0.29, 0.717) is 38.9 Å². The van der Waals surface area contributed by atoms with Crippen LogP contribution in [0.3, 0.4) is 0 Å². The Labute approximate surface area is 256 Å². The van der Waals surface area contributed by atoms with Crippen LogP contribution in [0.1, 0.15) is 24.3 Å². The van der Waals surface area contributed by atoms with Crippen molar-refractivity contribution in [2.24, 2.45) is 5.92 Å². The molecule has 2 aliphatic rings. The molecule has 13 heteroatoms. The Morgan fingerprint density at radius 1 is 1.15 bits per heavy atom. The molecule has 5 aromatic rings. The van der Waals surface area contributed by atoms with Crippen LogP contribution in [0, 0.1) is 5.92 Å². The number of halogens is 2. The SMILES string of the molecule is COc1cccc2c1[C@@H]1CN(CCCCn3c(=O)[nH]c4c(sc5ncc(-c6ccsc6)nc54)c3=O)C[C@H]1CO2.Cl.Cl. The van der Waals surface area contributed by atoms with E-state index < -0.39 is 5.69 Å². The average Bonchev–Trinajstić information content (AvgIpc) is 3.71. The fourth-order valence-electron chi connectivity index (χ4n) is 5.91. The number of fused-ring (bicyclic) bond motifs is 6. The van der Waals surface area contributed by atoms with Gasteiger partial charge in [-0.25, -0.2) is 14.8 Å². The van der Waals surface area contributed by atoms with Gasteiger partial charge in [0.05, 0.1) is 31.1 Å². The summed E-state index contributed by atoms with van der Waals surface area (Å²) >= 11 is 2.86. The third kappa shape index (κ3) is 5.25. The molecule has 41 heavy (non-hydrogen) atoms. The van der Waals surface area contributed by atoms with Crippen molar-refractivity contribution in [3.05, 3.63) is 67.6 Å². The van der Waals surface area contributed by atoms with Gasteiger partial charge in [0.15, 0.2) is 0 Å². The van der Waals surface area contributed by atoms with E-state index in [1.165, 1.54) is 21.5 Å². The number of unbranched alkanes of at least 4 members (excludes halogenated alkanes) is 1. The number of benzene rings is 1. The molecule has 1 aromatic carbocycles. The van der Waals surface area contributed by atoms with Gasteiger partial charge in [-0.05, 0) is 43.0 Å². The number of thiophene rings is 2. The molecule has 1 saturated heterocycles. The first-order valence-electron chi connectivity index (χ1n) is 13.1. The molecule has 0 amide bonds. The third-order valence-corrected chi connectivity index (χ3v) is 9.59. The molecule has 0 unspecified atom stereocenters. The minimum Gasteiger partial charge on any atom is -0.496 e. The van der Waals surface area contributed by atoms with Crippen LogP contribution in [0.25, 0.3) is 31.8 Å². The molecule has 9 nitrogen and oxygen atoms in total. The normalized spacial score (nSPS) is 17.9. The molecule has 2 atom stereocenters. The van der Waals surface area contributed by atoms with E-state index in [-0.39, 0.29) is 30.4 Å². The lowest BCUT2D eigenvalue weighted by Crippen LogP contribution is -2.34. The van der Waals surface area contributed by atoms with Gasteiger partial charge in [0.2, 0.25) is 0 Å². The first-order chi connectivity index (χ1) is 19.1. The van der Waals surface area contributed by atoms with Crippen molar-refractivity contribution in [2.45, 2.75) is 25.3 Å². The minimum atomic E-state index is -0.400. The lowest BCUT2D eigenvalue weighted by atomic mass is 9.86. The molecule has 7 rings (SSSR count). The highest BCUT2D eigenvalue weighted by Gasteiger charge is 2.40. The Morgan fingerprint density at radius 3 is 2.80 bits per heavy atom. The average molecular weight is 635 g/mol. The van der Waals surface area contributed by atoms with Gasteiger partial charge in [-0.15, -0.1) is 36.2 Å². The molecular formula is C28H29Cl2N5O4S2. The molecule has 216 valence electrons. The quantitative estimate of drug-likeness (QED) is 0.247. The number of aromatic nitrogens is 4. The standard InChI is InChI=1S/C28H27N5O4S2.2ClH/c1-36-20-5-4-6-21-22(20)18-13-32(12-17(18)14-37-21)8-2-3-9-33-27(34)25-23(31-28(33)35)24-26(39-25)29-11-19(30-24)16-7-10-38-15-16;;/h4-7,10-11,15,17-18H,2-3,8-9,12-14H2,1H3,(H,31,35);2*1H/t17-,18+;;/m0../s1. The third-order valence-electron chi connectivity index (χ3n) is 7.83. The molecule has 4 aromatic heterocycles. The number of aromatic amines is 1. The van der Waals surface area contributed by atoms with E-state index in [4.69, 9.17) is 14.5 Å². The molecule has 2 aliphatic heterocycles. The highest BCUT2D eigenvalue weighted by molar-refractivity contribution is 7.25. The zero-order valence-corrected chi connectivity index (χ0v) is 25.5. The van der Waals surface area contributed by atoms with Gasteiger partial charge < -0.3 is 19.4 Å². The summed E-state index contributed by atoms with van der Waals surface area (Å²) in [5.74, 6) is 2.67. The lowest BCUT2D eigenvalue weighted by Gasteiger charge is -2.29. The lowest BCUT2D eigenvalue weighted by molar-refractivity contribution is 0.209. The van der Waals surface area contributed by atoms with Gasteiger partial charge in [-0.1, -0.05) is 6.07 Å². The summed E-state index contributed by atoms with van der Waals surface area (Å²) < 4.78 is 13.5. The van der Waals surface area contributed by atoms with E-state index in [1.807, 2.05) is 35.0 Å². The zero-order valence-electron chi connectivity index (χ0n) is 22.2. The Bertz CT molecular complexity index is 1790. The van der Waals surface area contributed by atoms with Crippen molar-refractivity contribution in [2.75, 3.05) is 33.4 Å². The van der Waals surface area contributed by atoms with E-state index in [1.54, 1.807) is 24.6 Å². The molecule has 0 radical (unpaired) electrons. The number of hydrogen-bond acceptors (Lipinski definition) is 9. The van der Waals surface area contributed by atoms with Gasteiger partial charge in [0.1, 0.15) is 26.5 Å². The van der Waals surface area contributed by atoms with Crippen molar-refractivity contribution in [1.29, 1.82) is 0 Å². The number of likely N-dealkylation sites (tertiary alicyclic amines) is 1. The summed E-state index contributed by atoms with van der Waals surface area (Å²) in [5, 5.41) is 3.98. The maximum Gasteiger partial charge on any atom is 0.328 e. The van der Waals surface area contributed by atoms with Gasteiger partial charge in [0.25, 0.3) is 5.56 Å². The van der Waals surface area contributed by atoms with Crippen LogP contribution < -0.4 is 20.7 Å². The summed E-state index contributed by atoms with van der Waals surface area (Å²) in [6.07, 6.45) is 3.34. The van der Waals surface area contributed by atoms with Crippen molar-refractivity contribution in [3.63, 3.8) is 0 Å². The Kier molecular flexibility index (Phi) is 8.72. The highest BCUT2D eigenvalue weighted by atomic mass is 35.5. The molecule has 0 aliphatic carbocycles. The van der Waals surface area contributed by atoms with Crippen LogP contribution in [0.15, 0.2) is 50.8 Å². The topological polar surface area (TPSA) is 102 Å².